The van der Waals surface area contributed by atoms with E-state index < -0.39 is 0 Å². The van der Waals surface area contributed by atoms with Gasteiger partial charge in [-0.2, -0.15) is 10.4 Å². The van der Waals surface area contributed by atoms with Gasteiger partial charge >= 0.3 is 0 Å². The maximum absolute atomic E-state index is 9.03. The SMILES string of the molecule is CCN(C)c1nn(C(C)C)c(N)c1C#N. The Bertz CT molecular complexity index is 385. The number of hydrogen-bond acceptors (Lipinski definition) is 4. The van der Waals surface area contributed by atoms with Gasteiger partial charge in [-0.05, 0) is 20.8 Å². The van der Waals surface area contributed by atoms with E-state index in [-0.39, 0.29) is 6.04 Å². The first-order chi connectivity index (χ1) is 7.02. The van der Waals surface area contributed by atoms with Gasteiger partial charge < -0.3 is 10.6 Å². The summed E-state index contributed by atoms with van der Waals surface area (Å²) in [6.07, 6.45) is 0. The summed E-state index contributed by atoms with van der Waals surface area (Å²) in [4.78, 5) is 1.91. The van der Waals surface area contributed by atoms with E-state index in [9.17, 15) is 0 Å². The van der Waals surface area contributed by atoms with Crippen molar-refractivity contribution in [2.45, 2.75) is 26.8 Å². The molecule has 0 radical (unpaired) electrons. The molecule has 15 heavy (non-hydrogen) atoms. The number of anilines is 2. The van der Waals surface area contributed by atoms with Gasteiger partial charge in [0, 0.05) is 19.6 Å². The predicted octanol–water partition coefficient (Wildman–Crippen LogP) is 1.37. The summed E-state index contributed by atoms with van der Waals surface area (Å²) >= 11 is 0. The van der Waals surface area contributed by atoms with E-state index in [1.807, 2.05) is 32.7 Å². The summed E-state index contributed by atoms with van der Waals surface area (Å²) in [5, 5.41) is 13.4. The Labute approximate surface area is 90.1 Å². The third-order valence-electron chi connectivity index (χ3n) is 2.37. The Balaban J connectivity index is 3.29. The van der Waals surface area contributed by atoms with Crippen molar-refractivity contribution in [2.24, 2.45) is 0 Å². The van der Waals surface area contributed by atoms with Crippen LogP contribution in [0.25, 0.3) is 0 Å². The first-order valence-electron chi connectivity index (χ1n) is 5.02. The zero-order valence-electron chi connectivity index (χ0n) is 9.65. The lowest BCUT2D eigenvalue weighted by Crippen LogP contribution is -2.17. The summed E-state index contributed by atoms with van der Waals surface area (Å²) < 4.78 is 1.68. The molecular weight excluding hydrogens is 190 g/mol. The standard InChI is InChI=1S/C10H17N5/c1-5-14(4)10-8(6-11)9(12)15(13-10)7(2)3/h7H,5,12H2,1-4H3. The van der Waals surface area contributed by atoms with Crippen LogP contribution in [-0.2, 0) is 0 Å². The van der Waals surface area contributed by atoms with E-state index in [0.717, 1.165) is 6.54 Å². The minimum absolute atomic E-state index is 0.163. The topological polar surface area (TPSA) is 70.9 Å². The molecule has 2 N–H and O–H groups in total. The van der Waals surface area contributed by atoms with Gasteiger partial charge in [0.2, 0.25) is 0 Å². The minimum atomic E-state index is 0.163. The average Bonchev–Trinajstić information content (AvgIpc) is 2.54. The smallest absolute Gasteiger partial charge is 0.170 e. The number of aromatic nitrogens is 2. The molecule has 0 saturated carbocycles. The molecule has 0 unspecified atom stereocenters. The van der Waals surface area contributed by atoms with E-state index in [2.05, 4.69) is 11.2 Å². The lowest BCUT2D eigenvalue weighted by molar-refractivity contribution is 0.540. The summed E-state index contributed by atoms with van der Waals surface area (Å²) in [7, 11) is 1.90. The van der Waals surface area contributed by atoms with Crippen molar-refractivity contribution in [2.75, 3.05) is 24.2 Å². The summed E-state index contributed by atoms with van der Waals surface area (Å²) in [5.74, 6) is 1.11. The highest BCUT2D eigenvalue weighted by Crippen LogP contribution is 2.25. The van der Waals surface area contributed by atoms with Gasteiger partial charge in [0.05, 0.1) is 0 Å². The van der Waals surface area contributed by atoms with E-state index in [1.54, 1.807) is 4.68 Å². The van der Waals surface area contributed by atoms with E-state index >= 15 is 0 Å². The Morgan fingerprint density at radius 1 is 1.60 bits per heavy atom. The average molecular weight is 207 g/mol. The molecule has 0 spiro atoms. The Morgan fingerprint density at radius 3 is 2.60 bits per heavy atom. The van der Waals surface area contributed by atoms with Crippen molar-refractivity contribution < 1.29 is 0 Å². The normalized spacial score (nSPS) is 10.4. The second kappa shape index (κ2) is 4.22. The molecule has 0 saturated heterocycles. The van der Waals surface area contributed by atoms with Crippen LogP contribution in [0.5, 0.6) is 0 Å². The molecule has 0 fully saturated rings. The van der Waals surface area contributed by atoms with Crippen LogP contribution in [0.4, 0.5) is 11.6 Å². The lowest BCUT2D eigenvalue weighted by Gasteiger charge is -2.13. The highest BCUT2D eigenvalue weighted by atomic mass is 15.4. The van der Waals surface area contributed by atoms with Gasteiger partial charge in [-0.3, -0.25) is 0 Å². The van der Waals surface area contributed by atoms with Crippen LogP contribution in [0.1, 0.15) is 32.4 Å². The second-order valence-electron chi connectivity index (χ2n) is 3.75. The molecule has 5 nitrogen and oxygen atoms in total. The summed E-state index contributed by atoms with van der Waals surface area (Å²) in [6.45, 7) is 6.77. The van der Waals surface area contributed by atoms with Gasteiger partial charge in [0.15, 0.2) is 5.82 Å². The van der Waals surface area contributed by atoms with Crippen molar-refractivity contribution in [1.82, 2.24) is 9.78 Å². The summed E-state index contributed by atoms with van der Waals surface area (Å²) in [6, 6.07) is 2.27. The lowest BCUT2D eigenvalue weighted by atomic mass is 10.3. The second-order valence-corrected chi connectivity index (χ2v) is 3.75. The largest absolute Gasteiger partial charge is 0.383 e. The molecule has 0 amide bonds. The Hall–Kier alpha value is -1.70. The van der Waals surface area contributed by atoms with E-state index in [1.165, 1.54) is 0 Å². The molecule has 1 rings (SSSR count). The molecule has 0 aliphatic rings. The fraction of sp³-hybridized carbons (Fsp3) is 0.600. The predicted molar refractivity (Wildman–Crippen MR) is 60.7 cm³/mol. The maximum Gasteiger partial charge on any atom is 0.170 e. The van der Waals surface area contributed by atoms with Crippen molar-refractivity contribution in [3.63, 3.8) is 0 Å². The third-order valence-corrected chi connectivity index (χ3v) is 2.37. The number of nitrogen functional groups attached to an aromatic ring is 1. The van der Waals surface area contributed by atoms with E-state index in [0.29, 0.717) is 17.2 Å². The van der Waals surface area contributed by atoms with Crippen molar-refractivity contribution >= 4 is 11.6 Å². The van der Waals surface area contributed by atoms with Crippen LogP contribution in [0, 0.1) is 11.3 Å². The molecule has 0 aliphatic heterocycles. The zero-order valence-corrected chi connectivity index (χ0v) is 9.65. The number of hydrogen-bond donors (Lipinski definition) is 1. The molecule has 1 aromatic heterocycles. The maximum atomic E-state index is 9.03. The Morgan fingerprint density at radius 2 is 2.20 bits per heavy atom. The molecule has 1 aromatic rings. The number of nitrogens with zero attached hydrogens (tertiary/aromatic N) is 4. The van der Waals surface area contributed by atoms with Crippen molar-refractivity contribution in [3.05, 3.63) is 5.56 Å². The van der Waals surface area contributed by atoms with E-state index in [4.69, 9.17) is 11.0 Å². The molecule has 0 aromatic carbocycles. The number of nitriles is 1. The molecule has 0 bridgehead atoms. The van der Waals surface area contributed by atoms with Crippen LogP contribution in [-0.4, -0.2) is 23.4 Å². The van der Waals surface area contributed by atoms with Gasteiger partial charge in [-0.1, -0.05) is 0 Å². The van der Waals surface area contributed by atoms with Crippen LogP contribution in [0.2, 0.25) is 0 Å². The van der Waals surface area contributed by atoms with Crippen molar-refractivity contribution in [3.8, 4) is 6.07 Å². The third kappa shape index (κ3) is 1.89. The first kappa shape index (κ1) is 11.4. The van der Waals surface area contributed by atoms with Crippen LogP contribution in [0.15, 0.2) is 0 Å². The fourth-order valence-electron chi connectivity index (χ4n) is 1.35. The molecule has 82 valence electrons. The fourth-order valence-corrected chi connectivity index (χ4v) is 1.35. The molecule has 5 heteroatoms. The highest BCUT2D eigenvalue weighted by Gasteiger charge is 2.18. The molecule has 1 heterocycles. The summed E-state index contributed by atoms with van der Waals surface area (Å²) in [5.41, 5.74) is 6.33. The van der Waals surface area contributed by atoms with Gasteiger partial charge in [0.1, 0.15) is 17.5 Å². The first-order valence-corrected chi connectivity index (χ1v) is 5.02. The zero-order chi connectivity index (χ0) is 11.6. The van der Waals surface area contributed by atoms with Gasteiger partial charge in [-0.25, -0.2) is 4.68 Å². The molecular formula is C10H17N5. The van der Waals surface area contributed by atoms with Crippen LogP contribution in [0.3, 0.4) is 0 Å². The van der Waals surface area contributed by atoms with Gasteiger partial charge in [-0.15, -0.1) is 0 Å². The van der Waals surface area contributed by atoms with Crippen molar-refractivity contribution in [1.29, 1.82) is 5.26 Å². The quantitative estimate of drug-likeness (QED) is 0.812. The number of nitrogens with two attached hydrogens (primary N) is 1. The highest BCUT2D eigenvalue weighted by molar-refractivity contribution is 5.64. The molecule has 0 aliphatic carbocycles. The number of rotatable bonds is 3. The Kier molecular flexibility index (Phi) is 3.20. The minimum Gasteiger partial charge on any atom is -0.383 e. The molecule has 0 atom stereocenters. The van der Waals surface area contributed by atoms with Crippen LogP contribution < -0.4 is 10.6 Å². The monoisotopic (exact) mass is 207 g/mol. The van der Waals surface area contributed by atoms with Gasteiger partial charge in [0.25, 0.3) is 0 Å². The van der Waals surface area contributed by atoms with Crippen LogP contribution >= 0.6 is 0 Å².